The topological polar surface area (TPSA) is 65.3 Å². The zero-order valence-electron chi connectivity index (χ0n) is 14.1. The number of alkyl halides is 3. The molecule has 6 nitrogen and oxygen atoms in total. The largest absolute Gasteiger partial charge is 0.444 e. The van der Waals surface area contributed by atoms with Crippen LogP contribution in [0.5, 0.6) is 0 Å². The molecule has 3 aromatic heterocycles. The Balaban J connectivity index is 1.70. The van der Waals surface area contributed by atoms with E-state index >= 15 is 0 Å². The van der Waals surface area contributed by atoms with Gasteiger partial charge in [0, 0.05) is 13.1 Å². The molecule has 0 aliphatic carbocycles. The maximum atomic E-state index is 12.7. The minimum atomic E-state index is -4.39. The van der Waals surface area contributed by atoms with Crippen LogP contribution in [0.15, 0.2) is 58.0 Å². The molecule has 3 heterocycles. The molecule has 0 N–H and O–H groups in total. The first-order chi connectivity index (χ1) is 12.8. The van der Waals surface area contributed by atoms with Crippen molar-refractivity contribution in [1.29, 1.82) is 0 Å². The van der Waals surface area contributed by atoms with Crippen LogP contribution in [-0.2, 0) is 12.7 Å². The Bertz CT molecular complexity index is 1170. The fourth-order valence-corrected chi connectivity index (χ4v) is 2.77. The summed E-state index contributed by atoms with van der Waals surface area (Å²) in [5.74, 6) is 0.993. The van der Waals surface area contributed by atoms with Crippen molar-refractivity contribution in [3.05, 3.63) is 76.5 Å². The first kappa shape index (κ1) is 17.1. The monoisotopic (exact) mass is 374 g/mol. The fourth-order valence-electron chi connectivity index (χ4n) is 2.77. The third kappa shape index (κ3) is 3.23. The van der Waals surface area contributed by atoms with Gasteiger partial charge in [-0.15, -0.1) is 5.10 Å². The molecule has 0 saturated carbocycles. The van der Waals surface area contributed by atoms with Crippen LogP contribution < -0.4 is 5.69 Å². The van der Waals surface area contributed by atoms with Crippen molar-refractivity contribution in [3.63, 3.8) is 0 Å². The summed E-state index contributed by atoms with van der Waals surface area (Å²) in [4.78, 5) is 16.5. The minimum absolute atomic E-state index is 0.136. The molecule has 4 rings (SSSR count). The molecule has 1 aromatic carbocycles. The molecule has 9 heteroatoms. The number of pyridine rings is 1. The number of aromatic nitrogens is 4. The molecule has 0 aliphatic rings. The van der Waals surface area contributed by atoms with Crippen molar-refractivity contribution in [2.45, 2.75) is 19.6 Å². The third-order valence-electron chi connectivity index (χ3n) is 4.10. The summed E-state index contributed by atoms with van der Waals surface area (Å²) in [6, 6.07) is 8.10. The molecule has 0 fully saturated rings. The molecule has 0 aliphatic heterocycles. The third-order valence-corrected chi connectivity index (χ3v) is 4.10. The molecule has 0 amide bonds. The van der Waals surface area contributed by atoms with E-state index in [0.29, 0.717) is 28.4 Å². The van der Waals surface area contributed by atoms with Crippen molar-refractivity contribution in [3.8, 4) is 11.1 Å². The summed E-state index contributed by atoms with van der Waals surface area (Å²) in [5.41, 5.74) is 0.489. The van der Waals surface area contributed by atoms with Crippen molar-refractivity contribution in [2.24, 2.45) is 0 Å². The van der Waals surface area contributed by atoms with Crippen LogP contribution in [-0.4, -0.2) is 19.2 Å². The normalized spacial score (nSPS) is 12.0. The maximum Gasteiger partial charge on any atom is 0.416 e. The Hall–Kier alpha value is -3.36. The van der Waals surface area contributed by atoms with Crippen LogP contribution >= 0.6 is 0 Å². The lowest BCUT2D eigenvalue weighted by Gasteiger charge is -2.07. The van der Waals surface area contributed by atoms with Gasteiger partial charge in [0.25, 0.3) is 0 Å². The Morgan fingerprint density at radius 2 is 1.78 bits per heavy atom. The lowest BCUT2D eigenvalue weighted by Crippen LogP contribution is -2.21. The van der Waals surface area contributed by atoms with Crippen LogP contribution in [0.2, 0.25) is 0 Å². The highest BCUT2D eigenvalue weighted by atomic mass is 19.4. The van der Waals surface area contributed by atoms with E-state index in [9.17, 15) is 18.0 Å². The Labute approximate surface area is 150 Å². The van der Waals surface area contributed by atoms with E-state index in [1.165, 1.54) is 27.4 Å². The summed E-state index contributed by atoms with van der Waals surface area (Å²) in [7, 11) is 0. The van der Waals surface area contributed by atoms with Crippen molar-refractivity contribution in [1.82, 2.24) is 19.2 Å². The number of hydrogen-bond donors (Lipinski definition) is 0. The molecule has 0 unspecified atom stereocenters. The molecular formula is C18H13F3N4O2. The predicted molar refractivity (Wildman–Crippen MR) is 90.2 cm³/mol. The van der Waals surface area contributed by atoms with Crippen LogP contribution in [0.25, 0.3) is 16.8 Å². The standard InChI is InChI=1S/C18H13F3N4O2/c1-11-22-8-15(27-11)10-25-17(26)24-9-13(4-7-16(24)23-25)12-2-5-14(6-3-12)18(19,20)21/h2-9H,10H2,1H3. The van der Waals surface area contributed by atoms with Crippen LogP contribution in [0.3, 0.4) is 0 Å². The van der Waals surface area contributed by atoms with Gasteiger partial charge in [0.05, 0.1) is 11.8 Å². The van der Waals surface area contributed by atoms with Crippen molar-refractivity contribution >= 4 is 5.65 Å². The highest BCUT2D eigenvalue weighted by Gasteiger charge is 2.30. The van der Waals surface area contributed by atoms with E-state index in [0.717, 1.165) is 12.1 Å². The zero-order chi connectivity index (χ0) is 19.2. The summed E-state index contributed by atoms with van der Waals surface area (Å²) >= 11 is 0. The second kappa shape index (κ2) is 6.11. The molecule has 0 spiro atoms. The SMILES string of the molecule is Cc1ncc(Cn2nc3ccc(-c4ccc(C(F)(F)F)cc4)cn3c2=O)o1. The van der Waals surface area contributed by atoms with Crippen molar-refractivity contribution < 1.29 is 17.6 Å². The number of nitrogens with zero attached hydrogens (tertiary/aromatic N) is 4. The average molecular weight is 374 g/mol. The molecule has 138 valence electrons. The smallest absolute Gasteiger partial charge is 0.416 e. The van der Waals surface area contributed by atoms with Crippen LogP contribution in [0.4, 0.5) is 13.2 Å². The van der Waals surface area contributed by atoms with E-state index in [1.807, 2.05) is 0 Å². The molecule has 0 atom stereocenters. The number of fused-ring (bicyclic) bond motifs is 1. The Morgan fingerprint density at radius 1 is 1.07 bits per heavy atom. The van der Waals surface area contributed by atoms with Gasteiger partial charge >= 0.3 is 11.9 Å². The van der Waals surface area contributed by atoms with Gasteiger partial charge in [-0.3, -0.25) is 0 Å². The van der Waals surface area contributed by atoms with Crippen LogP contribution in [0.1, 0.15) is 17.2 Å². The number of benzene rings is 1. The molecule has 4 aromatic rings. The second-order valence-electron chi connectivity index (χ2n) is 6.01. The number of hydrogen-bond acceptors (Lipinski definition) is 4. The van der Waals surface area contributed by atoms with Gasteiger partial charge in [-0.25, -0.2) is 18.9 Å². The molecule has 27 heavy (non-hydrogen) atoms. The lowest BCUT2D eigenvalue weighted by molar-refractivity contribution is -0.137. The predicted octanol–water partition coefficient (Wildman–Crippen LogP) is 3.53. The first-order valence-corrected chi connectivity index (χ1v) is 7.99. The number of rotatable bonds is 3. The van der Waals surface area contributed by atoms with Gasteiger partial charge < -0.3 is 4.42 Å². The Morgan fingerprint density at radius 3 is 2.41 bits per heavy atom. The van der Waals surface area contributed by atoms with Gasteiger partial charge in [0.2, 0.25) is 0 Å². The first-order valence-electron chi connectivity index (χ1n) is 7.99. The van der Waals surface area contributed by atoms with E-state index in [4.69, 9.17) is 4.42 Å². The maximum absolute atomic E-state index is 12.7. The summed E-state index contributed by atoms with van der Waals surface area (Å²) in [5, 5.41) is 4.23. The second-order valence-corrected chi connectivity index (χ2v) is 6.01. The molecular weight excluding hydrogens is 361 g/mol. The highest BCUT2D eigenvalue weighted by molar-refractivity contribution is 5.64. The molecule has 0 bridgehead atoms. The lowest BCUT2D eigenvalue weighted by atomic mass is 10.1. The summed E-state index contributed by atoms with van der Waals surface area (Å²) in [6.45, 7) is 1.84. The fraction of sp³-hybridized carbons (Fsp3) is 0.167. The Kier molecular flexibility index (Phi) is 3.87. The zero-order valence-corrected chi connectivity index (χ0v) is 14.1. The highest BCUT2D eigenvalue weighted by Crippen LogP contribution is 2.30. The minimum Gasteiger partial charge on any atom is -0.444 e. The molecule has 0 radical (unpaired) electrons. The van der Waals surface area contributed by atoms with Crippen molar-refractivity contribution in [2.75, 3.05) is 0 Å². The average Bonchev–Trinajstić information content (AvgIpc) is 3.18. The number of halogens is 3. The van der Waals surface area contributed by atoms with Gasteiger partial charge in [-0.2, -0.15) is 13.2 Å². The van der Waals surface area contributed by atoms with Gasteiger partial charge in [0.1, 0.15) is 12.3 Å². The summed E-state index contributed by atoms with van der Waals surface area (Å²) in [6.07, 6.45) is -1.31. The van der Waals surface area contributed by atoms with E-state index in [-0.39, 0.29) is 12.2 Å². The van der Waals surface area contributed by atoms with E-state index in [1.54, 1.807) is 25.3 Å². The summed E-state index contributed by atoms with van der Waals surface area (Å²) < 4.78 is 46.0. The van der Waals surface area contributed by atoms with Gasteiger partial charge in [-0.05, 0) is 35.4 Å². The number of aryl methyl sites for hydroxylation is 1. The quantitative estimate of drug-likeness (QED) is 0.550. The van der Waals surface area contributed by atoms with Gasteiger partial charge in [-0.1, -0.05) is 12.1 Å². The molecule has 0 saturated heterocycles. The van der Waals surface area contributed by atoms with E-state index < -0.39 is 11.7 Å². The number of oxazole rings is 1. The van der Waals surface area contributed by atoms with E-state index in [2.05, 4.69) is 10.1 Å². The van der Waals surface area contributed by atoms with Gasteiger partial charge in [0.15, 0.2) is 11.5 Å². The van der Waals surface area contributed by atoms with Crippen LogP contribution in [0, 0.1) is 6.92 Å².